The number of nitrogens with zero attached hydrogens (tertiary/aromatic N) is 1. The quantitative estimate of drug-likeness (QED) is 0.526. The van der Waals surface area contributed by atoms with Gasteiger partial charge in [0.05, 0.1) is 13.2 Å². The average molecular weight is 404 g/mol. The second-order valence-electron chi connectivity index (χ2n) is 8.64. The minimum Gasteiger partial charge on any atom is -0.494 e. The minimum atomic E-state index is -0.711. The molecule has 1 unspecified atom stereocenters. The molecule has 0 radical (unpaired) electrons. The number of hydrogen-bond acceptors (Lipinski definition) is 4. The first-order valence-electron chi connectivity index (χ1n) is 11.5. The molecule has 1 aromatic rings. The van der Waals surface area contributed by atoms with Crippen LogP contribution in [0, 0.1) is 0 Å². The van der Waals surface area contributed by atoms with Gasteiger partial charge in [0.25, 0.3) is 0 Å². The van der Waals surface area contributed by atoms with Gasteiger partial charge in [-0.3, -0.25) is 9.69 Å². The second-order valence-corrected chi connectivity index (χ2v) is 8.64. The lowest BCUT2D eigenvalue weighted by molar-refractivity contribution is -0.144. The van der Waals surface area contributed by atoms with Crippen LogP contribution in [0.1, 0.15) is 77.2 Å². The average Bonchev–Trinajstić information content (AvgIpc) is 3.07. The zero-order valence-electron chi connectivity index (χ0n) is 18.1. The maximum atomic E-state index is 11.5. The summed E-state index contributed by atoms with van der Waals surface area (Å²) >= 11 is 0. The zero-order chi connectivity index (χ0) is 20.7. The van der Waals surface area contributed by atoms with Crippen LogP contribution >= 0.6 is 0 Å². The van der Waals surface area contributed by atoms with Crippen LogP contribution in [0.15, 0.2) is 18.2 Å². The van der Waals surface area contributed by atoms with E-state index in [-0.39, 0.29) is 11.5 Å². The summed E-state index contributed by atoms with van der Waals surface area (Å²) in [5, 5.41) is 9.46. The van der Waals surface area contributed by atoms with Gasteiger partial charge in [-0.05, 0) is 57.0 Å². The third kappa shape index (κ3) is 5.25. The molecule has 1 N–H and O–H groups in total. The van der Waals surface area contributed by atoms with Crippen molar-refractivity contribution in [2.45, 2.75) is 83.1 Å². The van der Waals surface area contributed by atoms with E-state index in [0.29, 0.717) is 13.0 Å². The van der Waals surface area contributed by atoms with E-state index >= 15 is 0 Å². The molecule has 0 aliphatic carbocycles. The number of fused-ring (bicyclic) bond motifs is 2. The van der Waals surface area contributed by atoms with Crippen molar-refractivity contribution in [1.29, 1.82) is 0 Å². The highest BCUT2D eigenvalue weighted by molar-refractivity contribution is 5.73. The van der Waals surface area contributed by atoms with Gasteiger partial charge < -0.3 is 14.6 Å². The first-order valence-corrected chi connectivity index (χ1v) is 11.5. The summed E-state index contributed by atoms with van der Waals surface area (Å²) in [6.07, 6.45) is 10.1. The number of aliphatic carboxylic acids is 1. The molecule has 0 bridgehead atoms. The van der Waals surface area contributed by atoms with Crippen LogP contribution < -0.4 is 9.47 Å². The number of carboxylic acid groups (broad SMARTS) is 1. The molecule has 162 valence electrons. The Kier molecular flexibility index (Phi) is 7.82. The topological polar surface area (TPSA) is 59.0 Å². The molecule has 2 heterocycles. The largest absolute Gasteiger partial charge is 0.494 e. The molecule has 1 spiro atoms. The third-order valence-corrected chi connectivity index (χ3v) is 6.66. The van der Waals surface area contributed by atoms with Crippen LogP contribution in [-0.2, 0) is 10.2 Å². The number of hydrogen-bond donors (Lipinski definition) is 1. The number of carboxylic acids is 1. The lowest BCUT2D eigenvalue weighted by Crippen LogP contribution is -2.50. The molecule has 3 rings (SSSR count). The Bertz CT molecular complexity index is 667. The Labute approximate surface area is 175 Å². The molecule has 5 nitrogen and oxygen atoms in total. The van der Waals surface area contributed by atoms with Gasteiger partial charge in [0, 0.05) is 11.0 Å². The molecule has 0 amide bonds. The smallest absolute Gasteiger partial charge is 0.320 e. The Morgan fingerprint density at radius 2 is 1.90 bits per heavy atom. The molecule has 0 saturated carbocycles. The molecule has 0 aromatic heterocycles. The van der Waals surface area contributed by atoms with Gasteiger partial charge in [-0.2, -0.15) is 0 Å². The Hall–Kier alpha value is -1.75. The molecular weight excluding hydrogens is 366 g/mol. The van der Waals surface area contributed by atoms with Crippen molar-refractivity contribution >= 4 is 5.97 Å². The predicted molar refractivity (Wildman–Crippen MR) is 115 cm³/mol. The van der Waals surface area contributed by atoms with E-state index in [1.165, 1.54) is 37.7 Å². The highest BCUT2D eigenvalue weighted by Crippen LogP contribution is 2.47. The number of piperidine rings is 1. The molecule has 1 fully saturated rings. The fraction of sp³-hybridized carbons (Fsp3) is 0.708. The van der Waals surface area contributed by atoms with Gasteiger partial charge in [0.2, 0.25) is 0 Å². The summed E-state index contributed by atoms with van der Waals surface area (Å²) in [5.41, 5.74) is 1.25. The zero-order valence-corrected chi connectivity index (χ0v) is 18.1. The molecule has 2 aliphatic rings. The summed E-state index contributed by atoms with van der Waals surface area (Å²) in [5.74, 6) is 1.19. The van der Waals surface area contributed by atoms with Crippen molar-refractivity contribution in [3.8, 4) is 11.5 Å². The normalized spacial score (nSPS) is 19.0. The number of rotatable bonds is 11. The highest BCUT2D eigenvalue weighted by atomic mass is 16.5. The van der Waals surface area contributed by atoms with Crippen LogP contribution in [0.25, 0.3) is 0 Å². The summed E-state index contributed by atoms with van der Waals surface area (Å²) < 4.78 is 12.0. The lowest BCUT2D eigenvalue weighted by atomic mass is 9.74. The fourth-order valence-corrected chi connectivity index (χ4v) is 4.77. The van der Waals surface area contributed by atoms with Gasteiger partial charge in [0.1, 0.15) is 17.5 Å². The molecule has 29 heavy (non-hydrogen) atoms. The first-order chi connectivity index (χ1) is 14.1. The first kappa shape index (κ1) is 21.9. The number of ether oxygens (including phenoxy) is 2. The molecule has 5 heteroatoms. The Balaban J connectivity index is 1.55. The number of unbranched alkanes of at least 4 members (excludes halogenated alkanes) is 5. The number of benzene rings is 1. The third-order valence-electron chi connectivity index (χ3n) is 6.66. The van der Waals surface area contributed by atoms with E-state index in [1.54, 1.807) is 0 Å². The van der Waals surface area contributed by atoms with Crippen LogP contribution in [0.2, 0.25) is 0 Å². The maximum Gasteiger partial charge on any atom is 0.320 e. The van der Waals surface area contributed by atoms with E-state index in [0.717, 1.165) is 50.5 Å². The van der Waals surface area contributed by atoms with Crippen molar-refractivity contribution in [2.24, 2.45) is 0 Å². The predicted octanol–water partition coefficient (Wildman–Crippen LogP) is 5.02. The SMILES string of the molecule is CCCCCCCCOc1ccc2c(c1)C1(CCN(C(CC)C(=O)O)CC1)CO2. The van der Waals surface area contributed by atoms with Gasteiger partial charge >= 0.3 is 5.97 Å². The summed E-state index contributed by atoms with van der Waals surface area (Å²) in [6.45, 7) is 7.26. The van der Waals surface area contributed by atoms with Crippen LogP contribution in [0.4, 0.5) is 0 Å². The summed E-state index contributed by atoms with van der Waals surface area (Å²) in [7, 11) is 0. The van der Waals surface area contributed by atoms with E-state index in [2.05, 4.69) is 17.9 Å². The summed E-state index contributed by atoms with van der Waals surface area (Å²) in [6, 6.07) is 5.85. The number of carbonyl (C=O) groups is 1. The molecule has 1 saturated heterocycles. The molecule has 1 atom stereocenters. The van der Waals surface area contributed by atoms with E-state index in [1.807, 2.05) is 19.1 Å². The highest BCUT2D eigenvalue weighted by Gasteiger charge is 2.44. The monoisotopic (exact) mass is 403 g/mol. The van der Waals surface area contributed by atoms with Gasteiger partial charge in [-0.25, -0.2) is 0 Å². The second kappa shape index (κ2) is 10.3. The Morgan fingerprint density at radius 3 is 2.59 bits per heavy atom. The van der Waals surface area contributed by atoms with Gasteiger partial charge in [0.15, 0.2) is 0 Å². The molecular formula is C24H37NO4. The maximum absolute atomic E-state index is 11.5. The van der Waals surface area contributed by atoms with E-state index < -0.39 is 5.97 Å². The van der Waals surface area contributed by atoms with E-state index in [4.69, 9.17) is 9.47 Å². The van der Waals surface area contributed by atoms with Crippen LogP contribution in [0.5, 0.6) is 11.5 Å². The lowest BCUT2D eigenvalue weighted by Gasteiger charge is -2.40. The minimum absolute atomic E-state index is 0.00213. The van der Waals surface area contributed by atoms with Crippen molar-refractivity contribution < 1.29 is 19.4 Å². The van der Waals surface area contributed by atoms with Crippen molar-refractivity contribution in [3.63, 3.8) is 0 Å². The van der Waals surface area contributed by atoms with Gasteiger partial charge in [-0.15, -0.1) is 0 Å². The standard InChI is InChI=1S/C24H37NO4/c1-3-5-6-7-8-9-16-28-19-10-11-22-20(17-19)24(18-29-22)12-14-25(15-13-24)21(4-2)23(26)27/h10-11,17,21H,3-9,12-16,18H2,1-2H3,(H,26,27). The number of likely N-dealkylation sites (tertiary alicyclic amines) is 1. The summed E-state index contributed by atoms with van der Waals surface area (Å²) in [4.78, 5) is 13.6. The van der Waals surface area contributed by atoms with Crippen molar-refractivity contribution in [2.75, 3.05) is 26.3 Å². The Morgan fingerprint density at radius 1 is 1.17 bits per heavy atom. The van der Waals surface area contributed by atoms with Crippen LogP contribution in [0.3, 0.4) is 0 Å². The van der Waals surface area contributed by atoms with Crippen molar-refractivity contribution in [3.05, 3.63) is 23.8 Å². The van der Waals surface area contributed by atoms with E-state index in [9.17, 15) is 9.90 Å². The fourth-order valence-electron chi connectivity index (χ4n) is 4.77. The van der Waals surface area contributed by atoms with Gasteiger partial charge in [-0.1, -0.05) is 46.0 Å². The molecule has 2 aliphatic heterocycles. The van der Waals surface area contributed by atoms with Crippen LogP contribution in [-0.4, -0.2) is 48.3 Å². The molecule has 1 aromatic carbocycles. The van der Waals surface area contributed by atoms with Crippen molar-refractivity contribution in [1.82, 2.24) is 4.90 Å².